The number of benzene rings is 1. The van der Waals surface area contributed by atoms with Crippen molar-refractivity contribution in [2.24, 2.45) is 0 Å². The Morgan fingerprint density at radius 1 is 1.14 bits per heavy atom. The SMILES string of the molecule is Cc1cccc2nc3c(c(=O)n12)CN(C(=O)c1cccc(C(F)(F)F)c1)CC3. The van der Waals surface area contributed by atoms with Crippen molar-refractivity contribution in [1.82, 2.24) is 14.3 Å². The van der Waals surface area contributed by atoms with Crippen LogP contribution in [0.4, 0.5) is 13.2 Å². The van der Waals surface area contributed by atoms with Gasteiger partial charge >= 0.3 is 6.18 Å². The second-order valence-electron chi connectivity index (χ2n) is 6.76. The zero-order chi connectivity index (χ0) is 20.1. The van der Waals surface area contributed by atoms with Crippen molar-refractivity contribution in [2.75, 3.05) is 6.54 Å². The van der Waals surface area contributed by atoms with Crippen LogP contribution in [0.3, 0.4) is 0 Å². The van der Waals surface area contributed by atoms with E-state index in [0.29, 0.717) is 23.3 Å². The third-order valence-electron chi connectivity index (χ3n) is 4.92. The first-order valence-corrected chi connectivity index (χ1v) is 8.72. The van der Waals surface area contributed by atoms with Crippen LogP contribution in [0.2, 0.25) is 0 Å². The van der Waals surface area contributed by atoms with Gasteiger partial charge in [-0.05, 0) is 37.3 Å². The van der Waals surface area contributed by atoms with Crippen molar-refractivity contribution in [3.63, 3.8) is 0 Å². The highest BCUT2D eigenvalue weighted by molar-refractivity contribution is 5.94. The minimum Gasteiger partial charge on any atom is -0.334 e. The third-order valence-corrected chi connectivity index (χ3v) is 4.92. The molecule has 1 aliphatic heterocycles. The second-order valence-corrected chi connectivity index (χ2v) is 6.76. The van der Waals surface area contributed by atoms with Gasteiger partial charge in [-0.15, -0.1) is 0 Å². The lowest BCUT2D eigenvalue weighted by Gasteiger charge is -2.28. The Hall–Kier alpha value is -3.16. The number of amides is 1. The number of carbonyl (C=O) groups excluding carboxylic acids is 1. The second kappa shape index (κ2) is 6.47. The Labute approximate surface area is 158 Å². The minimum absolute atomic E-state index is 0.0213. The number of fused-ring (bicyclic) bond motifs is 2. The third kappa shape index (κ3) is 3.04. The van der Waals surface area contributed by atoms with E-state index < -0.39 is 17.6 Å². The van der Waals surface area contributed by atoms with Crippen LogP contribution >= 0.6 is 0 Å². The van der Waals surface area contributed by atoms with Crippen LogP contribution in [0.1, 0.15) is 32.9 Å². The zero-order valence-corrected chi connectivity index (χ0v) is 15.0. The van der Waals surface area contributed by atoms with E-state index in [2.05, 4.69) is 4.98 Å². The average Bonchev–Trinajstić information content (AvgIpc) is 2.67. The first-order chi connectivity index (χ1) is 13.3. The topological polar surface area (TPSA) is 54.7 Å². The maximum absolute atomic E-state index is 12.9. The summed E-state index contributed by atoms with van der Waals surface area (Å²) < 4.78 is 40.3. The van der Waals surface area contributed by atoms with E-state index >= 15 is 0 Å². The molecule has 0 atom stereocenters. The number of alkyl halides is 3. The van der Waals surface area contributed by atoms with E-state index in [0.717, 1.165) is 17.8 Å². The van der Waals surface area contributed by atoms with Gasteiger partial charge in [-0.2, -0.15) is 13.2 Å². The Morgan fingerprint density at radius 3 is 2.64 bits per heavy atom. The molecule has 0 fully saturated rings. The van der Waals surface area contributed by atoms with Gasteiger partial charge in [0, 0.05) is 24.2 Å². The van der Waals surface area contributed by atoms with Gasteiger partial charge in [0.25, 0.3) is 11.5 Å². The van der Waals surface area contributed by atoms with Crippen molar-refractivity contribution >= 4 is 11.6 Å². The van der Waals surface area contributed by atoms with Crippen LogP contribution in [-0.4, -0.2) is 26.7 Å². The van der Waals surface area contributed by atoms with Gasteiger partial charge in [0.15, 0.2) is 0 Å². The summed E-state index contributed by atoms with van der Waals surface area (Å²) in [5.74, 6) is -0.536. The summed E-state index contributed by atoms with van der Waals surface area (Å²) in [5.41, 5.74) is 1.12. The standard InChI is InChI=1S/C20H16F3N3O2/c1-12-4-2-7-17-24-16-8-9-25(11-15(16)19(28)26(12)17)18(27)13-5-3-6-14(10-13)20(21,22)23/h2-7,10H,8-9,11H2,1H3. The molecule has 144 valence electrons. The van der Waals surface area contributed by atoms with Gasteiger partial charge in [-0.1, -0.05) is 12.1 Å². The molecule has 4 rings (SSSR count). The summed E-state index contributed by atoms with van der Waals surface area (Å²) in [6, 6.07) is 9.67. The molecular weight excluding hydrogens is 371 g/mol. The number of rotatable bonds is 1. The fourth-order valence-corrected chi connectivity index (χ4v) is 3.48. The number of halogens is 3. The fraction of sp³-hybridized carbons (Fsp3) is 0.250. The molecule has 0 N–H and O–H groups in total. The fourth-order valence-electron chi connectivity index (χ4n) is 3.48. The predicted molar refractivity (Wildman–Crippen MR) is 96.1 cm³/mol. The molecular formula is C20H16F3N3O2. The molecule has 0 bridgehead atoms. The summed E-state index contributed by atoms with van der Waals surface area (Å²) in [5, 5.41) is 0. The molecule has 0 radical (unpaired) electrons. The maximum Gasteiger partial charge on any atom is 0.416 e. The molecule has 1 aromatic carbocycles. The van der Waals surface area contributed by atoms with E-state index in [1.54, 1.807) is 19.1 Å². The predicted octanol–water partition coefficient (Wildman–Crippen LogP) is 3.22. The lowest BCUT2D eigenvalue weighted by atomic mass is 10.0. The lowest BCUT2D eigenvalue weighted by molar-refractivity contribution is -0.137. The van der Waals surface area contributed by atoms with Crippen molar-refractivity contribution in [3.05, 3.63) is 80.9 Å². The van der Waals surface area contributed by atoms with E-state index in [4.69, 9.17) is 0 Å². The molecule has 0 saturated carbocycles. The number of hydrogen-bond donors (Lipinski definition) is 0. The first kappa shape index (κ1) is 18.2. The van der Waals surface area contributed by atoms with Crippen molar-refractivity contribution < 1.29 is 18.0 Å². The summed E-state index contributed by atoms with van der Waals surface area (Å²) in [6.45, 7) is 2.10. The number of hydrogen-bond acceptors (Lipinski definition) is 3. The van der Waals surface area contributed by atoms with E-state index in [1.807, 2.05) is 6.07 Å². The zero-order valence-electron chi connectivity index (χ0n) is 15.0. The minimum atomic E-state index is -4.52. The quantitative estimate of drug-likeness (QED) is 0.644. The lowest BCUT2D eigenvalue weighted by Crippen LogP contribution is -2.40. The molecule has 0 aliphatic carbocycles. The van der Waals surface area contributed by atoms with E-state index in [-0.39, 0.29) is 24.2 Å². The number of nitrogens with zero attached hydrogens (tertiary/aromatic N) is 3. The Kier molecular flexibility index (Phi) is 4.21. The molecule has 1 aliphatic rings. The monoisotopic (exact) mass is 387 g/mol. The molecule has 28 heavy (non-hydrogen) atoms. The highest BCUT2D eigenvalue weighted by Crippen LogP contribution is 2.30. The molecule has 5 nitrogen and oxygen atoms in total. The van der Waals surface area contributed by atoms with Gasteiger partial charge in [0.05, 0.1) is 23.4 Å². The molecule has 0 spiro atoms. The van der Waals surface area contributed by atoms with Gasteiger partial charge in [0.1, 0.15) is 5.65 Å². The van der Waals surface area contributed by atoms with Crippen molar-refractivity contribution in [2.45, 2.75) is 26.1 Å². The van der Waals surface area contributed by atoms with Crippen LogP contribution in [0.25, 0.3) is 5.65 Å². The van der Waals surface area contributed by atoms with Gasteiger partial charge in [0.2, 0.25) is 0 Å². The highest BCUT2D eigenvalue weighted by atomic mass is 19.4. The largest absolute Gasteiger partial charge is 0.416 e. The normalized spacial score (nSPS) is 14.2. The van der Waals surface area contributed by atoms with Crippen LogP contribution in [0.5, 0.6) is 0 Å². The first-order valence-electron chi connectivity index (χ1n) is 8.72. The molecule has 8 heteroatoms. The summed E-state index contributed by atoms with van der Waals surface area (Å²) >= 11 is 0. The van der Waals surface area contributed by atoms with Gasteiger partial charge in [-0.25, -0.2) is 4.98 Å². The number of aromatic nitrogens is 2. The van der Waals surface area contributed by atoms with E-state index in [9.17, 15) is 22.8 Å². The summed E-state index contributed by atoms with van der Waals surface area (Å²) in [7, 11) is 0. The van der Waals surface area contributed by atoms with Crippen LogP contribution in [0.15, 0.2) is 47.3 Å². The molecule has 3 aromatic rings. The Morgan fingerprint density at radius 2 is 1.89 bits per heavy atom. The molecule has 3 heterocycles. The highest BCUT2D eigenvalue weighted by Gasteiger charge is 2.32. The van der Waals surface area contributed by atoms with Crippen LogP contribution in [0, 0.1) is 6.92 Å². The number of aryl methyl sites for hydroxylation is 1. The number of carbonyl (C=O) groups is 1. The van der Waals surface area contributed by atoms with E-state index in [1.165, 1.54) is 21.4 Å². The van der Waals surface area contributed by atoms with Gasteiger partial charge in [-0.3, -0.25) is 14.0 Å². The molecule has 0 saturated heterocycles. The maximum atomic E-state index is 12.9. The van der Waals surface area contributed by atoms with Crippen LogP contribution < -0.4 is 5.56 Å². The summed E-state index contributed by atoms with van der Waals surface area (Å²) in [6.07, 6.45) is -4.15. The summed E-state index contributed by atoms with van der Waals surface area (Å²) in [4.78, 5) is 31.6. The van der Waals surface area contributed by atoms with Crippen molar-refractivity contribution in [1.29, 1.82) is 0 Å². The molecule has 1 amide bonds. The molecule has 2 aromatic heterocycles. The average molecular weight is 387 g/mol. The Balaban J connectivity index is 1.70. The number of pyridine rings is 1. The Bertz CT molecular complexity index is 1150. The van der Waals surface area contributed by atoms with Crippen LogP contribution in [-0.2, 0) is 19.1 Å². The van der Waals surface area contributed by atoms with Gasteiger partial charge < -0.3 is 4.90 Å². The van der Waals surface area contributed by atoms with Crippen molar-refractivity contribution in [3.8, 4) is 0 Å². The molecule has 0 unspecified atom stereocenters. The smallest absolute Gasteiger partial charge is 0.334 e.